The Bertz CT molecular complexity index is 664. The van der Waals surface area contributed by atoms with Gasteiger partial charge in [0.2, 0.25) is 0 Å². The van der Waals surface area contributed by atoms with Crippen molar-refractivity contribution < 1.29 is 9.90 Å². The molecule has 0 aromatic heterocycles. The average Bonchev–Trinajstić information content (AvgIpc) is 2.81. The molecule has 2 aromatic rings. The third-order valence-electron chi connectivity index (χ3n) is 3.83. The fraction of sp³-hybridized carbons (Fsp3) is 0.235. The second kappa shape index (κ2) is 5.00. The number of carbonyl (C=O) groups excluding carboxylic acids is 1. The number of carbonyl (C=O) groups is 1. The predicted octanol–water partition coefficient (Wildman–Crippen LogP) is 3.12. The highest BCUT2D eigenvalue weighted by molar-refractivity contribution is 5.97. The number of aryl methyl sites for hydroxylation is 2. The first-order valence-corrected chi connectivity index (χ1v) is 6.83. The molecule has 20 heavy (non-hydrogen) atoms. The largest absolute Gasteiger partial charge is 0.507 e. The van der Waals surface area contributed by atoms with Crippen LogP contribution in [0.15, 0.2) is 42.5 Å². The molecule has 3 nitrogen and oxygen atoms in total. The second-order valence-electron chi connectivity index (χ2n) is 5.28. The van der Waals surface area contributed by atoms with E-state index >= 15 is 0 Å². The highest BCUT2D eigenvalue weighted by Gasteiger charge is 2.24. The Morgan fingerprint density at radius 2 is 2.05 bits per heavy atom. The first kappa shape index (κ1) is 12.7. The zero-order chi connectivity index (χ0) is 14.1. The lowest BCUT2D eigenvalue weighted by Gasteiger charge is -2.15. The molecule has 0 bridgehead atoms. The number of para-hydroxylation sites is 1. The maximum Gasteiger partial charge on any atom is 0.255 e. The fourth-order valence-corrected chi connectivity index (χ4v) is 2.80. The summed E-state index contributed by atoms with van der Waals surface area (Å²) < 4.78 is 0. The molecule has 0 spiro atoms. The topological polar surface area (TPSA) is 49.3 Å². The standard InChI is InChI=1S/C17H17NO2/c1-11-6-8-13-12(10-11)7-9-15(13)18-17(20)14-4-2-3-5-16(14)19/h2-6,8,10,15,19H,7,9H2,1H3,(H,18,20)/t15-/m1/s1. The molecular weight excluding hydrogens is 250 g/mol. The van der Waals surface area contributed by atoms with E-state index in [1.165, 1.54) is 22.8 Å². The molecule has 102 valence electrons. The minimum absolute atomic E-state index is 0.0205. The normalized spacial score (nSPS) is 16.8. The molecular formula is C17H17NO2. The van der Waals surface area contributed by atoms with Crippen LogP contribution in [-0.2, 0) is 6.42 Å². The van der Waals surface area contributed by atoms with Crippen LogP contribution in [-0.4, -0.2) is 11.0 Å². The van der Waals surface area contributed by atoms with Crippen molar-refractivity contribution in [3.8, 4) is 5.75 Å². The molecule has 1 aliphatic carbocycles. The summed E-state index contributed by atoms with van der Waals surface area (Å²) in [5.41, 5.74) is 4.08. The van der Waals surface area contributed by atoms with Crippen LogP contribution in [0.4, 0.5) is 0 Å². The molecule has 0 heterocycles. The third kappa shape index (κ3) is 2.27. The number of phenolic OH excluding ortho intramolecular Hbond substituents is 1. The molecule has 1 atom stereocenters. The summed E-state index contributed by atoms with van der Waals surface area (Å²) in [5, 5.41) is 12.7. The van der Waals surface area contributed by atoms with Crippen LogP contribution in [0.25, 0.3) is 0 Å². The molecule has 3 heteroatoms. The molecule has 1 amide bonds. The first-order chi connectivity index (χ1) is 9.65. The number of nitrogens with one attached hydrogen (secondary N) is 1. The average molecular weight is 267 g/mol. The lowest BCUT2D eigenvalue weighted by atomic mass is 10.0. The van der Waals surface area contributed by atoms with E-state index in [1.807, 2.05) is 0 Å². The summed E-state index contributed by atoms with van der Waals surface area (Å²) in [5.74, 6) is -0.200. The highest BCUT2D eigenvalue weighted by atomic mass is 16.3. The van der Waals surface area contributed by atoms with E-state index in [4.69, 9.17) is 0 Å². The second-order valence-corrected chi connectivity index (χ2v) is 5.28. The zero-order valence-electron chi connectivity index (χ0n) is 11.4. The van der Waals surface area contributed by atoms with E-state index in [1.54, 1.807) is 18.2 Å². The van der Waals surface area contributed by atoms with Gasteiger partial charge in [0.1, 0.15) is 5.75 Å². The van der Waals surface area contributed by atoms with Gasteiger partial charge in [-0.1, -0.05) is 35.9 Å². The van der Waals surface area contributed by atoms with Crippen molar-refractivity contribution in [2.24, 2.45) is 0 Å². The summed E-state index contributed by atoms with van der Waals surface area (Å²) in [7, 11) is 0. The fourth-order valence-electron chi connectivity index (χ4n) is 2.80. The van der Waals surface area contributed by atoms with Crippen molar-refractivity contribution in [1.29, 1.82) is 0 Å². The lowest BCUT2D eigenvalue weighted by Crippen LogP contribution is -2.27. The highest BCUT2D eigenvalue weighted by Crippen LogP contribution is 2.32. The molecule has 0 aliphatic heterocycles. The van der Waals surface area contributed by atoms with Crippen LogP contribution in [0.5, 0.6) is 5.75 Å². The monoisotopic (exact) mass is 267 g/mol. The summed E-state index contributed by atoms with van der Waals surface area (Å²) in [6.45, 7) is 2.08. The Morgan fingerprint density at radius 3 is 2.85 bits per heavy atom. The molecule has 1 aliphatic rings. The number of hydrogen-bond donors (Lipinski definition) is 2. The molecule has 0 saturated heterocycles. The van der Waals surface area contributed by atoms with E-state index < -0.39 is 0 Å². The molecule has 2 N–H and O–H groups in total. The van der Waals surface area contributed by atoms with Gasteiger partial charge >= 0.3 is 0 Å². The van der Waals surface area contributed by atoms with Crippen LogP contribution < -0.4 is 5.32 Å². The predicted molar refractivity (Wildman–Crippen MR) is 77.8 cm³/mol. The Labute approximate surface area is 118 Å². The van der Waals surface area contributed by atoms with Crippen molar-refractivity contribution in [1.82, 2.24) is 5.32 Å². The van der Waals surface area contributed by atoms with Gasteiger partial charge in [-0.05, 0) is 43.0 Å². The number of amides is 1. The van der Waals surface area contributed by atoms with E-state index in [9.17, 15) is 9.90 Å². The van der Waals surface area contributed by atoms with Crippen LogP contribution in [0.1, 0.15) is 39.5 Å². The number of phenols is 1. The van der Waals surface area contributed by atoms with Gasteiger partial charge in [0, 0.05) is 0 Å². The summed E-state index contributed by atoms with van der Waals surface area (Å²) in [4.78, 5) is 12.2. The summed E-state index contributed by atoms with van der Waals surface area (Å²) in [6.07, 6.45) is 1.90. The van der Waals surface area contributed by atoms with Crippen LogP contribution in [0.3, 0.4) is 0 Å². The number of rotatable bonds is 2. The van der Waals surface area contributed by atoms with Gasteiger partial charge < -0.3 is 10.4 Å². The van der Waals surface area contributed by atoms with Gasteiger partial charge in [0.15, 0.2) is 0 Å². The van der Waals surface area contributed by atoms with Crippen LogP contribution >= 0.6 is 0 Å². The van der Waals surface area contributed by atoms with Gasteiger partial charge in [-0.25, -0.2) is 0 Å². The van der Waals surface area contributed by atoms with Crippen LogP contribution in [0.2, 0.25) is 0 Å². The van der Waals surface area contributed by atoms with E-state index in [0.717, 1.165) is 12.8 Å². The Morgan fingerprint density at radius 1 is 1.25 bits per heavy atom. The van der Waals surface area contributed by atoms with Gasteiger partial charge in [-0.2, -0.15) is 0 Å². The van der Waals surface area contributed by atoms with E-state index in [-0.39, 0.29) is 17.7 Å². The Hall–Kier alpha value is -2.29. The molecule has 0 radical (unpaired) electrons. The quantitative estimate of drug-likeness (QED) is 0.878. The van der Waals surface area contributed by atoms with Crippen molar-refractivity contribution in [3.05, 3.63) is 64.7 Å². The smallest absolute Gasteiger partial charge is 0.255 e. The lowest BCUT2D eigenvalue weighted by molar-refractivity contribution is 0.0934. The maximum absolute atomic E-state index is 12.2. The first-order valence-electron chi connectivity index (χ1n) is 6.83. The van der Waals surface area contributed by atoms with Gasteiger partial charge in [-0.15, -0.1) is 0 Å². The molecule has 3 rings (SSSR count). The molecule has 0 fully saturated rings. The van der Waals surface area contributed by atoms with Gasteiger partial charge in [-0.3, -0.25) is 4.79 Å². The summed E-state index contributed by atoms with van der Waals surface area (Å²) in [6, 6.07) is 13.0. The zero-order valence-corrected chi connectivity index (χ0v) is 11.4. The minimum Gasteiger partial charge on any atom is -0.507 e. The van der Waals surface area contributed by atoms with E-state index in [0.29, 0.717) is 5.56 Å². The molecule has 2 aromatic carbocycles. The Balaban J connectivity index is 1.81. The Kier molecular flexibility index (Phi) is 3.18. The number of benzene rings is 2. The maximum atomic E-state index is 12.2. The van der Waals surface area contributed by atoms with Crippen LogP contribution in [0, 0.1) is 6.92 Å². The number of hydrogen-bond acceptors (Lipinski definition) is 2. The SMILES string of the molecule is Cc1ccc2c(c1)CC[C@H]2NC(=O)c1ccccc1O. The number of fused-ring (bicyclic) bond motifs is 1. The van der Waals surface area contributed by atoms with Crippen molar-refractivity contribution in [3.63, 3.8) is 0 Å². The van der Waals surface area contributed by atoms with Gasteiger partial charge in [0.25, 0.3) is 5.91 Å². The minimum atomic E-state index is -0.221. The summed E-state index contributed by atoms with van der Waals surface area (Å²) >= 11 is 0. The van der Waals surface area contributed by atoms with Gasteiger partial charge in [0.05, 0.1) is 11.6 Å². The number of aromatic hydroxyl groups is 1. The molecule has 0 saturated carbocycles. The van der Waals surface area contributed by atoms with Crippen molar-refractivity contribution in [2.75, 3.05) is 0 Å². The van der Waals surface area contributed by atoms with Crippen molar-refractivity contribution in [2.45, 2.75) is 25.8 Å². The van der Waals surface area contributed by atoms with Crippen molar-refractivity contribution >= 4 is 5.91 Å². The molecule has 0 unspecified atom stereocenters. The van der Waals surface area contributed by atoms with E-state index in [2.05, 4.69) is 30.4 Å². The third-order valence-corrected chi connectivity index (χ3v) is 3.83.